The van der Waals surface area contributed by atoms with Crippen LogP contribution in [0.4, 0.5) is 4.39 Å². The van der Waals surface area contributed by atoms with Gasteiger partial charge in [0.25, 0.3) is 0 Å². The molecule has 3 heterocycles. The van der Waals surface area contributed by atoms with Crippen molar-refractivity contribution >= 4 is 21.8 Å². The minimum absolute atomic E-state index is 0.0690. The highest BCUT2D eigenvalue weighted by Crippen LogP contribution is 2.26. The van der Waals surface area contributed by atoms with Crippen LogP contribution in [0.3, 0.4) is 0 Å². The van der Waals surface area contributed by atoms with Crippen LogP contribution in [0.5, 0.6) is 5.75 Å². The summed E-state index contributed by atoms with van der Waals surface area (Å²) in [6.45, 7) is 1.64. The Morgan fingerprint density at radius 3 is 2.82 bits per heavy atom. The topological polar surface area (TPSA) is 86.3 Å². The number of nitrogens with zero attached hydrogens (tertiary/aromatic N) is 2. The lowest BCUT2D eigenvalue weighted by Crippen LogP contribution is -2.39. The molecule has 1 aromatic carbocycles. The number of aromatic nitrogens is 3. The Morgan fingerprint density at radius 2 is 2.07 bits per heavy atom. The molecule has 1 N–H and O–H groups in total. The molecule has 0 aliphatic carbocycles. The van der Waals surface area contributed by atoms with Gasteiger partial charge in [-0.25, -0.2) is 9.37 Å². The molecule has 0 saturated carbocycles. The minimum atomic E-state index is -1.40. The molecule has 0 bridgehead atoms. The van der Waals surface area contributed by atoms with Gasteiger partial charge in [0, 0.05) is 11.8 Å². The predicted octanol–water partition coefficient (Wildman–Crippen LogP) is 2.67. The Hall–Kier alpha value is -2.36. The number of hydrogen-bond donors (Lipinski definition) is 1. The van der Waals surface area contributed by atoms with Gasteiger partial charge in [-0.05, 0) is 25.1 Å². The van der Waals surface area contributed by atoms with Gasteiger partial charge in [0.15, 0.2) is 5.16 Å². The highest BCUT2D eigenvalue weighted by molar-refractivity contribution is 7.84. The quantitative estimate of drug-likeness (QED) is 0.650. The maximum absolute atomic E-state index is 13.3. The molecule has 1 aliphatic rings. The summed E-state index contributed by atoms with van der Waals surface area (Å²) >= 11 is 0. The van der Waals surface area contributed by atoms with Gasteiger partial charge in [-0.3, -0.25) is 9.19 Å². The molecule has 1 atom stereocenters. The van der Waals surface area contributed by atoms with Crippen molar-refractivity contribution in [2.45, 2.75) is 23.6 Å². The lowest BCUT2D eigenvalue weighted by atomic mass is 10.2. The predicted molar refractivity (Wildman–Crippen MR) is 101 cm³/mol. The van der Waals surface area contributed by atoms with Gasteiger partial charge in [-0.2, -0.15) is 0 Å². The summed E-state index contributed by atoms with van der Waals surface area (Å²) < 4.78 is 42.5. The number of halogens is 1. The molecule has 148 valence electrons. The first kappa shape index (κ1) is 19.0. The molecule has 1 fully saturated rings. The molecule has 1 aliphatic heterocycles. The summed E-state index contributed by atoms with van der Waals surface area (Å²) in [7, 11) is -1.40. The molecular weight excluding hydrogens is 385 g/mol. The average Bonchev–Trinajstić information content (AvgIpc) is 3.36. The maximum Gasteiger partial charge on any atom is 0.232 e. The first-order valence-corrected chi connectivity index (χ1v) is 10.2. The Labute approximate surface area is 163 Å². The summed E-state index contributed by atoms with van der Waals surface area (Å²) in [5, 5.41) is 0.401. The van der Waals surface area contributed by atoms with Crippen molar-refractivity contribution in [2.75, 3.05) is 26.5 Å². The zero-order valence-electron chi connectivity index (χ0n) is 15.3. The third-order valence-electron chi connectivity index (χ3n) is 4.57. The molecule has 7 nitrogen and oxygen atoms in total. The molecule has 9 heteroatoms. The van der Waals surface area contributed by atoms with Crippen LogP contribution in [0, 0.1) is 6.92 Å². The highest BCUT2D eigenvalue weighted by atomic mass is 32.2. The van der Waals surface area contributed by atoms with E-state index < -0.39 is 23.3 Å². The van der Waals surface area contributed by atoms with E-state index in [9.17, 15) is 8.60 Å². The average molecular weight is 405 g/mol. The van der Waals surface area contributed by atoms with Crippen LogP contribution in [0.25, 0.3) is 11.0 Å². The Morgan fingerprint density at radius 1 is 1.29 bits per heavy atom. The lowest BCUT2D eigenvalue weighted by Gasteiger charge is -2.24. The zero-order valence-corrected chi connectivity index (χ0v) is 16.1. The second kappa shape index (κ2) is 7.94. The van der Waals surface area contributed by atoms with E-state index in [-0.39, 0.29) is 12.4 Å². The highest BCUT2D eigenvalue weighted by Gasteiger charge is 2.38. The van der Waals surface area contributed by atoms with Crippen LogP contribution in [0.15, 0.2) is 41.7 Å². The van der Waals surface area contributed by atoms with Crippen LogP contribution >= 0.6 is 0 Å². The molecule has 4 rings (SSSR count). The second-order valence-electron chi connectivity index (χ2n) is 6.46. The monoisotopic (exact) mass is 405 g/mol. The standard InChI is InChI=1S/C19H20FN3O4S/c1-13-16(10-28(24)18-22-14-4-2-3-5-15(14)23-18)21-7-6-17(13)25-12-19(11-20)26-8-9-27-19/h2-7H,8-12H2,1H3,(H,22,23). The number of pyridine rings is 1. The molecule has 3 aromatic rings. The summed E-state index contributed by atoms with van der Waals surface area (Å²) in [5.74, 6) is -0.643. The summed E-state index contributed by atoms with van der Waals surface area (Å²) in [6, 6.07) is 9.20. The van der Waals surface area contributed by atoms with Crippen molar-refractivity contribution in [3.63, 3.8) is 0 Å². The SMILES string of the molecule is Cc1c(OCC2(CF)OCCO2)ccnc1CS(=O)c1nc2ccccc2[nH]1. The van der Waals surface area contributed by atoms with Gasteiger partial charge in [0.1, 0.15) is 19.0 Å². The number of imidazole rings is 1. The number of benzene rings is 1. The van der Waals surface area contributed by atoms with Gasteiger partial charge in [-0.1, -0.05) is 12.1 Å². The minimum Gasteiger partial charge on any atom is -0.487 e. The van der Waals surface area contributed by atoms with Gasteiger partial charge in [-0.15, -0.1) is 0 Å². The third-order valence-corrected chi connectivity index (χ3v) is 5.73. The Kier molecular flexibility index (Phi) is 5.38. The molecular formula is C19H20FN3O4S. The number of para-hydroxylation sites is 2. The molecule has 1 saturated heterocycles. The summed E-state index contributed by atoms with van der Waals surface area (Å²) in [5.41, 5.74) is 2.96. The van der Waals surface area contributed by atoms with Gasteiger partial charge >= 0.3 is 0 Å². The molecule has 0 spiro atoms. The second-order valence-corrected chi connectivity index (χ2v) is 7.83. The molecule has 2 aromatic heterocycles. The van der Waals surface area contributed by atoms with E-state index in [1.807, 2.05) is 31.2 Å². The normalized spacial score (nSPS) is 17.1. The van der Waals surface area contributed by atoms with E-state index in [0.29, 0.717) is 29.8 Å². The zero-order chi connectivity index (χ0) is 19.6. The largest absolute Gasteiger partial charge is 0.487 e. The number of ether oxygens (including phenoxy) is 3. The number of hydrogen-bond acceptors (Lipinski definition) is 6. The van der Waals surface area contributed by atoms with Crippen molar-refractivity contribution in [3.8, 4) is 5.75 Å². The molecule has 1 unspecified atom stereocenters. The third kappa shape index (κ3) is 3.78. The maximum atomic E-state index is 13.3. The van der Waals surface area contributed by atoms with Crippen LogP contribution in [0.2, 0.25) is 0 Å². The van der Waals surface area contributed by atoms with E-state index in [2.05, 4.69) is 15.0 Å². The van der Waals surface area contributed by atoms with Crippen LogP contribution in [-0.2, 0) is 26.0 Å². The van der Waals surface area contributed by atoms with Crippen molar-refractivity contribution in [1.29, 1.82) is 0 Å². The van der Waals surface area contributed by atoms with Crippen LogP contribution in [0.1, 0.15) is 11.3 Å². The van der Waals surface area contributed by atoms with Crippen molar-refractivity contribution in [1.82, 2.24) is 15.0 Å². The molecule has 0 amide bonds. The summed E-state index contributed by atoms with van der Waals surface area (Å²) in [6.07, 6.45) is 1.58. The fraction of sp³-hybridized carbons (Fsp3) is 0.368. The first-order chi connectivity index (χ1) is 13.6. The number of rotatable bonds is 7. The van der Waals surface area contributed by atoms with E-state index in [1.165, 1.54) is 0 Å². The Balaban J connectivity index is 1.49. The molecule has 28 heavy (non-hydrogen) atoms. The van der Waals surface area contributed by atoms with Gasteiger partial charge in [0.2, 0.25) is 5.79 Å². The Bertz CT molecular complexity index is 971. The summed E-state index contributed by atoms with van der Waals surface area (Å²) in [4.78, 5) is 11.8. The molecule has 0 radical (unpaired) electrons. The van der Waals surface area contributed by atoms with Crippen LogP contribution in [-0.4, -0.2) is 51.4 Å². The number of fused-ring (bicyclic) bond motifs is 1. The van der Waals surface area contributed by atoms with Crippen LogP contribution < -0.4 is 4.74 Å². The van der Waals surface area contributed by atoms with Crippen molar-refractivity contribution < 1.29 is 22.8 Å². The first-order valence-electron chi connectivity index (χ1n) is 8.84. The smallest absolute Gasteiger partial charge is 0.232 e. The van der Waals surface area contributed by atoms with Crippen molar-refractivity contribution in [2.24, 2.45) is 0 Å². The number of aromatic amines is 1. The number of H-pyrrole nitrogens is 1. The van der Waals surface area contributed by atoms with Gasteiger partial charge in [0.05, 0.1) is 46.5 Å². The van der Waals surface area contributed by atoms with Gasteiger partial charge < -0.3 is 19.2 Å². The van der Waals surface area contributed by atoms with Crippen molar-refractivity contribution in [3.05, 3.63) is 47.8 Å². The lowest BCUT2D eigenvalue weighted by molar-refractivity contribution is -0.186. The fourth-order valence-corrected chi connectivity index (χ4v) is 4.07. The number of nitrogens with one attached hydrogen (secondary N) is 1. The van der Waals surface area contributed by atoms with E-state index in [1.54, 1.807) is 12.3 Å². The van der Waals surface area contributed by atoms with E-state index in [4.69, 9.17) is 14.2 Å². The number of alkyl halides is 1. The fourth-order valence-electron chi connectivity index (χ4n) is 2.97. The van der Waals surface area contributed by atoms with E-state index in [0.717, 1.165) is 16.6 Å². The van der Waals surface area contributed by atoms with E-state index >= 15 is 0 Å².